The highest BCUT2D eigenvalue weighted by atomic mass is 32.2. The van der Waals surface area contributed by atoms with E-state index in [2.05, 4.69) is 15.6 Å². The van der Waals surface area contributed by atoms with E-state index < -0.39 is 9.84 Å². The first-order valence-electron chi connectivity index (χ1n) is 7.70. The highest BCUT2D eigenvalue weighted by Crippen LogP contribution is 2.33. The molecule has 0 radical (unpaired) electrons. The van der Waals surface area contributed by atoms with Gasteiger partial charge in [0.2, 0.25) is 0 Å². The maximum atomic E-state index is 11.4. The van der Waals surface area contributed by atoms with E-state index in [-0.39, 0.29) is 5.03 Å². The Balaban J connectivity index is 1.68. The zero-order valence-electron chi connectivity index (χ0n) is 12.4. The minimum absolute atomic E-state index is 0.133. The van der Waals surface area contributed by atoms with E-state index in [1.165, 1.54) is 38.4 Å². The number of sulfone groups is 1. The molecule has 21 heavy (non-hydrogen) atoms. The van der Waals surface area contributed by atoms with Crippen LogP contribution in [0, 0.1) is 5.92 Å². The van der Waals surface area contributed by atoms with Gasteiger partial charge in [-0.15, -0.1) is 0 Å². The van der Waals surface area contributed by atoms with Crippen molar-refractivity contribution in [1.29, 1.82) is 0 Å². The number of aromatic nitrogens is 1. The van der Waals surface area contributed by atoms with Gasteiger partial charge in [-0.05, 0) is 50.3 Å². The van der Waals surface area contributed by atoms with Crippen LogP contribution in [-0.4, -0.2) is 38.3 Å². The van der Waals surface area contributed by atoms with Crippen molar-refractivity contribution < 1.29 is 8.42 Å². The van der Waals surface area contributed by atoms with Gasteiger partial charge in [-0.25, -0.2) is 13.4 Å². The second-order valence-corrected chi connectivity index (χ2v) is 8.17. The lowest BCUT2D eigenvalue weighted by atomic mass is 9.93. The number of nitrogens with zero attached hydrogens (tertiary/aromatic N) is 1. The Morgan fingerprint density at radius 1 is 1.24 bits per heavy atom. The maximum absolute atomic E-state index is 11.4. The molecule has 2 heterocycles. The number of pyridine rings is 1. The van der Waals surface area contributed by atoms with Crippen LogP contribution in [0.25, 0.3) is 0 Å². The molecule has 5 nitrogen and oxygen atoms in total. The molecule has 1 saturated carbocycles. The number of hydrogen-bond acceptors (Lipinski definition) is 5. The van der Waals surface area contributed by atoms with Crippen molar-refractivity contribution in [1.82, 2.24) is 10.3 Å². The van der Waals surface area contributed by atoms with Crippen molar-refractivity contribution in [2.24, 2.45) is 5.92 Å². The zero-order valence-corrected chi connectivity index (χ0v) is 13.2. The average Bonchev–Trinajstić information content (AvgIpc) is 3.08. The second-order valence-electron chi connectivity index (χ2n) is 6.21. The van der Waals surface area contributed by atoms with Crippen molar-refractivity contribution in [3.63, 3.8) is 0 Å². The molecule has 2 fully saturated rings. The van der Waals surface area contributed by atoms with E-state index in [9.17, 15) is 8.42 Å². The summed E-state index contributed by atoms with van der Waals surface area (Å²) in [4.78, 5) is 4.05. The van der Waals surface area contributed by atoms with Crippen LogP contribution >= 0.6 is 0 Å². The van der Waals surface area contributed by atoms with Crippen molar-refractivity contribution >= 4 is 15.5 Å². The molecule has 0 bridgehead atoms. The first kappa shape index (κ1) is 14.8. The van der Waals surface area contributed by atoms with E-state index >= 15 is 0 Å². The zero-order chi connectivity index (χ0) is 14.9. The summed E-state index contributed by atoms with van der Waals surface area (Å²) in [6.07, 6.45) is 9.07. The van der Waals surface area contributed by atoms with Crippen LogP contribution in [0.2, 0.25) is 0 Å². The van der Waals surface area contributed by atoms with Crippen LogP contribution in [0.4, 0.5) is 5.69 Å². The van der Waals surface area contributed by atoms with Crippen molar-refractivity contribution in [2.45, 2.75) is 49.2 Å². The van der Waals surface area contributed by atoms with E-state index in [1.54, 1.807) is 12.3 Å². The number of hydrogen-bond donors (Lipinski definition) is 2. The van der Waals surface area contributed by atoms with Crippen LogP contribution in [0.15, 0.2) is 23.4 Å². The molecular weight excluding hydrogens is 286 g/mol. The Bertz CT molecular complexity index is 579. The molecule has 2 aliphatic rings. The van der Waals surface area contributed by atoms with Crippen LogP contribution in [0.1, 0.15) is 32.1 Å². The minimum atomic E-state index is -3.22. The molecule has 0 aromatic carbocycles. The lowest BCUT2D eigenvalue weighted by Gasteiger charge is -2.27. The normalized spacial score (nSPS) is 29.7. The fourth-order valence-electron chi connectivity index (χ4n) is 3.63. The summed E-state index contributed by atoms with van der Waals surface area (Å²) in [5.41, 5.74) is 0.914. The standard InChI is InChI=1S/C15H23N3O2S/c1-21(19,20)15-8-7-11(10-17-15)18-14-5-2-4-12(14)13-6-3-9-16-13/h7-8,10,12-14,16,18H,2-6,9H2,1H3. The molecule has 3 unspecified atom stereocenters. The molecule has 6 heteroatoms. The quantitative estimate of drug-likeness (QED) is 0.888. The van der Waals surface area contributed by atoms with Gasteiger partial charge < -0.3 is 10.6 Å². The first-order valence-corrected chi connectivity index (χ1v) is 9.59. The fraction of sp³-hybridized carbons (Fsp3) is 0.667. The van der Waals surface area contributed by atoms with Crippen molar-refractivity contribution in [3.8, 4) is 0 Å². The molecule has 1 aromatic rings. The summed E-state index contributed by atoms with van der Waals surface area (Å²) in [7, 11) is -3.22. The Morgan fingerprint density at radius 2 is 2.10 bits per heavy atom. The first-order chi connectivity index (χ1) is 10.0. The molecule has 3 atom stereocenters. The fourth-order valence-corrected chi connectivity index (χ4v) is 4.18. The average molecular weight is 309 g/mol. The van der Waals surface area contributed by atoms with E-state index in [0.29, 0.717) is 18.0 Å². The molecule has 0 amide bonds. The molecule has 1 aliphatic carbocycles. The summed E-state index contributed by atoms with van der Waals surface area (Å²) in [6, 6.07) is 4.50. The van der Waals surface area contributed by atoms with Crippen LogP contribution in [0.5, 0.6) is 0 Å². The van der Waals surface area contributed by atoms with Gasteiger partial charge in [0.25, 0.3) is 0 Å². The van der Waals surface area contributed by atoms with E-state index in [1.807, 2.05) is 6.07 Å². The molecule has 0 spiro atoms. The predicted molar refractivity (Wildman–Crippen MR) is 83.1 cm³/mol. The number of rotatable bonds is 4. The lowest BCUT2D eigenvalue weighted by molar-refractivity contribution is 0.376. The third kappa shape index (κ3) is 3.37. The smallest absolute Gasteiger partial charge is 0.192 e. The molecule has 116 valence electrons. The topological polar surface area (TPSA) is 71.1 Å². The van der Waals surface area contributed by atoms with Gasteiger partial charge in [0, 0.05) is 18.3 Å². The number of anilines is 1. The molecular formula is C15H23N3O2S. The van der Waals surface area contributed by atoms with Gasteiger partial charge in [0.15, 0.2) is 14.9 Å². The molecule has 2 N–H and O–H groups in total. The summed E-state index contributed by atoms with van der Waals surface area (Å²) in [5.74, 6) is 0.669. The van der Waals surface area contributed by atoms with Gasteiger partial charge in [-0.1, -0.05) is 6.42 Å². The van der Waals surface area contributed by atoms with E-state index in [0.717, 1.165) is 12.2 Å². The Labute approximate surface area is 126 Å². The lowest BCUT2D eigenvalue weighted by Crippen LogP contribution is -2.38. The van der Waals surface area contributed by atoms with Gasteiger partial charge in [0.05, 0.1) is 11.9 Å². The minimum Gasteiger partial charge on any atom is -0.381 e. The van der Waals surface area contributed by atoms with Crippen molar-refractivity contribution in [3.05, 3.63) is 18.3 Å². The molecule has 1 aliphatic heterocycles. The molecule has 3 rings (SSSR count). The van der Waals surface area contributed by atoms with E-state index in [4.69, 9.17) is 0 Å². The second kappa shape index (κ2) is 5.93. The van der Waals surface area contributed by atoms with Crippen LogP contribution in [-0.2, 0) is 9.84 Å². The van der Waals surface area contributed by atoms with Crippen molar-refractivity contribution in [2.75, 3.05) is 18.1 Å². The highest BCUT2D eigenvalue weighted by molar-refractivity contribution is 7.90. The summed E-state index contributed by atoms with van der Waals surface area (Å²) in [6.45, 7) is 1.14. The summed E-state index contributed by atoms with van der Waals surface area (Å²) < 4.78 is 22.8. The Kier molecular flexibility index (Phi) is 4.17. The molecule has 1 aromatic heterocycles. The third-order valence-corrected chi connectivity index (χ3v) is 5.65. The Hall–Kier alpha value is -1.14. The SMILES string of the molecule is CS(=O)(=O)c1ccc(NC2CCCC2C2CCCN2)cn1. The van der Waals surface area contributed by atoms with Gasteiger partial charge >= 0.3 is 0 Å². The predicted octanol–water partition coefficient (Wildman–Crippen LogP) is 1.82. The van der Waals surface area contributed by atoms with Crippen LogP contribution < -0.4 is 10.6 Å². The monoisotopic (exact) mass is 309 g/mol. The largest absolute Gasteiger partial charge is 0.381 e. The van der Waals surface area contributed by atoms with Gasteiger partial charge in [-0.3, -0.25) is 0 Å². The number of nitrogens with one attached hydrogen (secondary N) is 2. The Morgan fingerprint density at radius 3 is 2.71 bits per heavy atom. The summed E-state index contributed by atoms with van der Waals surface area (Å²) >= 11 is 0. The van der Waals surface area contributed by atoms with Crippen LogP contribution in [0.3, 0.4) is 0 Å². The summed E-state index contributed by atoms with van der Waals surface area (Å²) in [5, 5.41) is 7.29. The maximum Gasteiger partial charge on any atom is 0.192 e. The molecule has 1 saturated heterocycles. The third-order valence-electron chi connectivity index (χ3n) is 4.65. The van der Waals surface area contributed by atoms with Gasteiger partial charge in [0.1, 0.15) is 0 Å². The van der Waals surface area contributed by atoms with Gasteiger partial charge in [-0.2, -0.15) is 0 Å². The highest BCUT2D eigenvalue weighted by Gasteiger charge is 2.34.